The molecule has 2 N–H and O–H groups in total. The second kappa shape index (κ2) is 10.8. The Bertz CT molecular complexity index is 1450. The number of carbonyl (C=O) groups excluding carboxylic acids is 2. The summed E-state index contributed by atoms with van der Waals surface area (Å²) in [5, 5.41) is 11.2. The van der Waals surface area contributed by atoms with Crippen LogP contribution in [-0.4, -0.2) is 57.0 Å². The number of aromatic nitrogens is 2. The largest absolute Gasteiger partial charge is 0.349 e. The van der Waals surface area contributed by atoms with Gasteiger partial charge in [-0.1, -0.05) is 32.0 Å². The quantitative estimate of drug-likeness (QED) is 0.398. The molecule has 3 aromatic rings. The zero-order chi connectivity index (χ0) is 28.9. The lowest BCUT2D eigenvalue weighted by Crippen LogP contribution is -2.46. The van der Waals surface area contributed by atoms with Gasteiger partial charge in [-0.05, 0) is 93.7 Å². The van der Waals surface area contributed by atoms with E-state index in [-0.39, 0.29) is 23.9 Å². The number of fused-ring (bicyclic) bond motifs is 2. The maximum absolute atomic E-state index is 13.4. The first kappa shape index (κ1) is 27.7. The Kier molecular flexibility index (Phi) is 7.26. The van der Waals surface area contributed by atoms with Gasteiger partial charge < -0.3 is 15.1 Å². The van der Waals surface area contributed by atoms with Crippen LogP contribution in [0.25, 0.3) is 11.3 Å². The first-order valence-electron chi connectivity index (χ1n) is 15.2. The number of aromatic amines is 1. The summed E-state index contributed by atoms with van der Waals surface area (Å²) >= 11 is 0. The van der Waals surface area contributed by atoms with Crippen LogP contribution in [0, 0.1) is 5.41 Å². The molecule has 0 spiro atoms. The van der Waals surface area contributed by atoms with Gasteiger partial charge in [0.1, 0.15) is 0 Å². The van der Waals surface area contributed by atoms with E-state index in [9.17, 15) is 9.59 Å². The maximum Gasteiger partial charge on any atom is 0.255 e. The highest BCUT2D eigenvalue weighted by atomic mass is 16.2. The summed E-state index contributed by atoms with van der Waals surface area (Å²) in [6.45, 7) is 13.7. The molecule has 1 aliphatic carbocycles. The molecule has 7 nitrogen and oxygen atoms in total. The van der Waals surface area contributed by atoms with Crippen LogP contribution in [0.2, 0.25) is 0 Å². The minimum atomic E-state index is -0.101. The molecular formula is C34H43N5O2. The highest BCUT2D eigenvalue weighted by molar-refractivity contribution is 5.99. The smallest absolute Gasteiger partial charge is 0.255 e. The third-order valence-electron chi connectivity index (χ3n) is 9.59. The number of hydrogen-bond acceptors (Lipinski definition) is 4. The molecule has 0 saturated carbocycles. The molecule has 7 heteroatoms. The lowest BCUT2D eigenvalue weighted by Gasteiger charge is -2.34. The predicted molar refractivity (Wildman–Crippen MR) is 162 cm³/mol. The first-order valence-corrected chi connectivity index (χ1v) is 15.2. The number of rotatable bonds is 6. The molecule has 0 unspecified atom stereocenters. The van der Waals surface area contributed by atoms with Crippen LogP contribution in [0.3, 0.4) is 0 Å². The topological polar surface area (TPSA) is 81.3 Å². The monoisotopic (exact) mass is 553 g/mol. The number of benzene rings is 2. The number of carbonyl (C=O) groups is 2. The Morgan fingerprint density at radius 3 is 2.51 bits per heavy atom. The van der Waals surface area contributed by atoms with Gasteiger partial charge in [-0.2, -0.15) is 5.10 Å². The predicted octanol–water partition coefficient (Wildman–Crippen LogP) is 5.91. The van der Waals surface area contributed by atoms with Gasteiger partial charge in [-0.25, -0.2) is 0 Å². The first-order chi connectivity index (χ1) is 19.6. The Morgan fingerprint density at radius 1 is 1.07 bits per heavy atom. The number of hydrogen-bond donors (Lipinski definition) is 2. The number of nitrogens with one attached hydrogen (secondary N) is 2. The van der Waals surface area contributed by atoms with Gasteiger partial charge in [0.2, 0.25) is 0 Å². The average molecular weight is 554 g/mol. The van der Waals surface area contributed by atoms with Gasteiger partial charge in [0.05, 0.1) is 11.7 Å². The summed E-state index contributed by atoms with van der Waals surface area (Å²) in [5.41, 5.74) is 8.48. The van der Waals surface area contributed by atoms with Crippen molar-refractivity contribution < 1.29 is 9.59 Å². The summed E-state index contributed by atoms with van der Waals surface area (Å²) in [4.78, 5) is 30.7. The fourth-order valence-corrected chi connectivity index (χ4v) is 6.81. The Morgan fingerprint density at radius 2 is 1.80 bits per heavy atom. The van der Waals surface area contributed by atoms with E-state index >= 15 is 0 Å². The van der Waals surface area contributed by atoms with Crippen molar-refractivity contribution in [2.24, 2.45) is 5.41 Å². The molecular weight excluding hydrogens is 510 g/mol. The number of nitrogens with zero attached hydrogens (tertiary/aromatic N) is 3. The van der Waals surface area contributed by atoms with E-state index in [1.54, 1.807) is 0 Å². The Labute approximate surface area is 243 Å². The summed E-state index contributed by atoms with van der Waals surface area (Å²) in [6, 6.07) is 14.6. The van der Waals surface area contributed by atoms with E-state index in [0.717, 1.165) is 73.1 Å². The lowest BCUT2D eigenvalue weighted by molar-refractivity contribution is 0.0715. The molecule has 41 heavy (non-hydrogen) atoms. The van der Waals surface area contributed by atoms with E-state index in [0.29, 0.717) is 23.6 Å². The van der Waals surface area contributed by atoms with Crippen molar-refractivity contribution in [3.05, 3.63) is 76.0 Å². The molecule has 2 aromatic carbocycles. The van der Waals surface area contributed by atoms with Gasteiger partial charge in [0, 0.05) is 59.7 Å². The van der Waals surface area contributed by atoms with E-state index in [2.05, 4.69) is 56.0 Å². The molecule has 1 aromatic heterocycles. The van der Waals surface area contributed by atoms with Crippen LogP contribution >= 0.6 is 0 Å². The van der Waals surface area contributed by atoms with Gasteiger partial charge >= 0.3 is 0 Å². The molecule has 216 valence electrons. The molecule has 0 bridgehead atoms. The third-order valence-corrected chi connectivity index (χ3v) is 9.59. The lowest BCUT2D eigenvalue weighted by atomic mass is 9.76. The van der Waals surface area contributed by atoms with E-state index in [4.69, 9.17) is 5.10 Å². The van der Waals surface area contributed by atoms with E-state index in [1.165, 1.54) is 11.3 Å². The van der Waals surface area contributed by atoms with Crippen molar-refractivity contribution in [1.82, 2.24) is 25.3 Å². The van der Waals surface area contributed by atoms with Gasteiger partial charge in [0.15, 0.2) is 0 Å². The number of piperidine rings is 1. The summed E-state index contributed by atoms with van der Waals surface area (Å²) in [5.74, 6) is 0.0351. The molecule has 6 rings (SSSR count). The summed E-state index contributed by atoms with van der Waals surface area (Å²) < 4.78 is 0. The average Bonchev–Trinajstić information content (AvgIpc) is 3.52. The fourth-order valence-electron chi connectivity index (χ4n) is 6.81. The Hall–Kier alpha value is -3.45. The highest BCUT2D eigenvalue weighted by Crippen LogP contribution is 2.39. The van der Waals surface area contributed by atoms with Gasteiger partial charge in [-0.15, -0.1) is 0 Å². The molecule has 1 saturated heterocycles. The second-order valence-electron chi connectivity index (χ2n) is 13.4. The standard InChI is InChI=1S/C34H43N5O2/c1-21(2)38-16-13-27(14-17-38)35-32(40)24-8-6-23(7-9-24)22(3)39-20-26-18-25(10-11-28(26)33(39)41)31-29-12-15-34(4,5)19-30(29)36-37-31/h6-11,18,21-22,27H,12-17,19-20H2,1-5H3,(H,35,40)(H,36,37)/t22-/m1/s1. The third kappa shape index (κ3) is 5.44. The molecule has 3 aliphatic rings. The minimum Gasteiger partial charge on any atom is -0.349 e. The fraction of sp³-hybridized carbons (Fsp3) is 0.500. The summed E-state index contributed by atoms with van der Waals surface area (Å²) in [7, 11) is 0. The SMILES string of the molecule is CC(C)N1CCC(NC(=O)c2ccc([C@@H](C)N3Cc4cc(-c5n[nH]c6c5CCC(C)(C)C6)ccc4C3=O)cc2)CC1. The van der Waals surface area contributed by atoms with Crippen LogP contribution in [-0.2, 0) is 19.4 Å². The van der Waals surface area contributed by atoms with Crippen LogP contribution in [0.15, 0.2) is 42.5 Å². The van der Waals surface area contributed by atoms with Crippen molar-refractivity contribution in [3.63, 3.8) is 0 Å². The molecule has 3 heterocycles. The molecule has 1 fully saturated rings. The summed E-state index contributed by atoms with van der Waals surface area (Å²) in [6.07, 6.45) is 5.17. The zero-order valence-electron chi connectivity index (χ0n) is 25.1. The van der Waals surface area contributed by atoms with Crippen LogP contribution in [0.5, 0.6) is 0 Å². The van der Waals surface area contributed by atoms with Crippen molar-refractivity contribution >= 4 is 11.8 Å². The molecule has 1 atom stereocenters. The number of H-pyrrole nitrogens is 1. The minimum absolute atomic E-state index is 0.0199. The number of likely N-dealkylation sites (tertiary alicyclic amines) is 1. The van der Waals surface area contributed by atoms with Crippen molar-refractivity contribution in [2.45, 2.75) is 91.4 Å². The highest BCUT2D eigenvalue weighted by Gasteiger charge is 2.33. The Balaban J connectivity index is 1.11. The van der Waals surface area contributed by atoms with Crippen LogP contribution in [0.4, 0.5) is 0 Å². The zero-order valence-corrected chi connectivity index (χ0v) is 25.1. The van der Waals surface area contributed by atoms with Gasteiger partial charge in [-0.3, -0.25) is 14.7 Å². The van der Waals surface area contributed by atoms with E-state index < -0.39 is 0 Å². The van der Waals surface area contributed by atoms with E-state index in [1.807, 2.05) is 41.3 Å². The number of amides is 2. The normalized spacial score (nSPS) is 19.8. The van der Waals surface area contributed by atoms with Crippen molar-refractivity contribution in [3.8, 4) is 11.3 Å². The molecule has 0 radical (unpaired) electrons. The van der Waals surface area contributed by atoms with Crippen LogP contribution in [0.1, 0.15) is 103 Å². The second-order valence-corrected chi connectivity index (χ2v) is 13.4. The van der Waals surface area contributed by atoms with Crippen molar-refractivity contribution in [2.75, 3.05) is 13.1 Å². The molecule has 2 amide bonds. The van der Waals surface area contributed by atoms with Gasteiger partial charge in [0.25, 0.3) is 11.8 Å². The maximum atomic E-state index is 13.4. The molecule has 2 aliphatic heterocycles. The van der Waals surface area contributed by atoms with Crippen LogP contribution < -0.4 is 5.32 Å². The van der Waals surface area contributed by atoms with Crippen molar-refractivity contribution in [1.29, 1.82) is 0 Å².